The van der Waals surface area contributed by atoms with Gasteiger partial charge in [0, 0.05) is 7.11 Å². The monoisotopic (exact) mass is 328 g/mol. The standard InChI is InChI=1S/C13H16N2O4S2/c1-10-3-5-11(6-4-10)19-9-12-14-13(20-15-12)21(16,17)8-7-18-2/h3-6H,7-9H2,1-2H3. The van der Waals surface area contributed by atoms with Crippen LogP contribution in [0, 0.1) is 6.92 Å². The van der Waals surface area contributed by atoms with Crippen LogP contribution in [-0.4, -0.2) is 37.2 Å². The molecule has 0 spiro atoms. The van der Waals surface area contributed by atoms with Crippen LogP contribution in [0.5, 0.6) is 5.75 Å². The predicted molar refractivity (Wildman–Crippen MR) is 79.3 cm³/mol. The molecule has 0 N–H and O–H groups in total. The summed E-state index contributed by atoms with van der Waals surface area (Å²) in [7, 11) is -1.97. The molecule has 0 saturated heterocycles. The van der Waals surface area contributed by atoms with Gasteiger partial charge in [0.2, 0.25) is 14.2 Å². The molecule has 0 amide bonds. The summed E-state index contributed by atoms with van der Waals surface area (Å²) < 4.78 is 38.1. The Bertz CT molecular complexity index is 680. The minimum absolute atomic E-state index is 0.00190. The van der Waals surface area contributed by atoms with E-state index in [4.69, 9.17) is 9.47 Å². The van der Waals surface area contributed by atoms with Gasteiger partial charge in [0.15, 0.2) is 5.82 Å². The molecule has 8 heteroatoms. The molecular weight excluding hydrogens is 312 g/mol. The van der Waals surface area contributed by atoms with Gasteiger partial charge in [0.1, 0.15) is 12.4 Å². The summed E-state index contributed by atoms with van der Waals surface area (Å²) in [6.07, 6.45) is 0. The van der Waals surface area contributed by atoms with E-state index in [1.807, 2.05) is 31.2 Å². The fourth-order valence-electron chi connectivity index (χ4n) is 1.49. The van der Waals surface area contributed by atoms with E-state index in [2.05, 4.69) is 9.36 Å². The lowest BCUT2D eigenvalue weighted by Crippen LogP contribution is -2.11. The van der Waals surface area contributed by atoms with Crippen LogP contribution in [0.15, 0.2) is 28.6 Å². The highest BCUT2D eigenvalue weighted by Gasteiger charge is 2.20. The average molecular weight is 328 g/mol. The van der Waals surface area contributed by atoms with E-state index in [9.17, 15) is 8.42 Å². The Kier molecular flexibility index (Phi) is 5.27. The second-order valence-corrected chi connectivity index (χ2v) is 7.42. The van der Waals surface area contributed by atoms with Crippen molar-refractivity contribution in [2.75, 3.05) is 19.5 Å². The lowest BCUT2D eigenvalue weighted by Gasteiger charge is -2.03. The van der Waals surface area contributed by atoms with Crippen LogP contribution in [-0.2, 0) is 21.2 Å². The van der Waals surface area contributed by atoms with Crippen molar-refractivity contribution in [3.8, 4) is 5.75 Å². The largest absolute Gasteiger partial charge is 0.486 e. The molecule has 0 bridgehead atoms. The number of sulfone groups is 1. The van der Waals surface area contributed by atoms with E-state index in [-0.39, 0.29) is 23.3 Å². The van der Waals surface area contributed by atoms with Crippen LogP contribution in [0.25, 0.3) is 0 Å². The summed E-state index contributed by atoms with van der Waals surface area (Å²) in [5.74, 6) is 0.951. The van der Waals surface area contributed by atoms with Gasteiger partial charge in [-0.15, -0.1) is 0 Å². The maximum Gasteiger partial charge on any atom is 0.229 e. The van der Waals surface area contributed by atoms with Crippen molar-refractivity contribution in [2.45, 2.75) is 17.9 Å². The van der Waals surface area contributed by atoms with Crippen molar-refractivity contribution in [3.05, 3.63) is 35.7 Å². The van der Waals surface area contributed by atoms with Crippen molar-refractivity contribution >= 4 is 21.4 Å². The molecule has 2 rings (SSSR count). The quantitative estimate of drug-likeness (QED) is 0.772. The summed E-state index contributed by atoms with van der Waals surface area (Å²) in [6, 6.07) is 7.56. The van der Waals surface area contributed by atoms with Crippen LogP contribution in [0.2, 0.25) is 0 Å². The Labute approximate surface area is 127 Å². The number of hydrogen-bond acceptors (Lipinski definition) is 7. The molecule has 1 aromatic heterocycles. The lowest BCUT2D eigenvalue weighted by atomic mass is 10.2. The van der Waals surface area contributed by atoms with Crippen LogP contribution >= 0.6 is 11.5 Å². The molecule has 0 aliphatic rings. The van der Waals surface area contributed by atoms with Gasteiger partial charge in [-0.3, -0.25) is 0 Å². The molecule has 0 aliphatic heterocycles. The average Bonchev–Trinajstić information content (AvgIpc) is 2.94. The Morgan fingerprint density at radius 3 is 2.62 bits per heavy atom. The highest BCUT2D eigenvalue weighted by atomic mass is 32.2. The second kappa shape index (κ2) is 6.97. The summed E-state index contributed by atoms with van der Waals surface area (Å²) in [5, 5.41) is 0. The molecule has 114 valence electrons. The first kappa shape index (κ1) is 15.9. The van der Waals surface area contributed by atoms with Crippen molar-refractivity contribution in [2.24, 2.45) is 0 Å². The van der Waals surface area contributed by atoms with E-state index in [1.54, 1.807) is 0 Å². The van der Waals surface area contributed by atoms with Crippen LogP contribution in [0.3, 0.4) is 0 Å². The van der Waals surface area contributed by atoms with Gasteiger partial charge in [-0.05, 0) is 30.6 Å². The van der Waals surface area contributed by atoms with Crippen molar-refractivity contribution in [1.29, 1.82) is 0 Å². The number of aryl methyl sites for hydroxylation is 1. The van der Waals surface area contributed by atoms with Crippen molar-refractivity contribution < 1.29 is 17.9 Å². The highest BCUT2D eigenvalue weighted by Crippen LogP contribution is 2.16. The van der Waals surface area contributed by atoms with Crippen LogP contribution < -0.4 is 4.74 Å². The Morgan fingerprint density at radius 1 is 1.24 bits per heavy atom. The second-order valence-electron chi connectivity index (χ2n) is 4.39. The summed E-state index contributed by atoms with van der Waals surface area (Å²) in [4.78, 5) is 4.01. The van der Waals surface area contributed by atoms with Gasteiger partial charge in [-0.1, -0.05) is 17.7 Å². The summed E-state index contributed by atoms with van der Waals surface area (Å²) in [6.45, 7) is 2.26. The smallest absolute Gasteiger partial charge is 0.229 e. The summed E-state index contributed by atoms with van der Waals surface area (Å²) >= 11 is 0.860. The third-order valence-corrected chi connectivity index (χ3v) is 5.52. The third-order valence-electron chi connectivity index (χ3n) is 2.66. The van der Waals surface area contributed by atoms with E-state index in [1.165, 1.54) is 7.11 Å². The summed E-state index contributed by atoms with van der Waals surface area (Å²) in [5.41, 5.74) is 1.14. The topological polar surface area (TPSA) is 78.4 Å². The fourth-order valence-corrected chi connectivity index (χ4v) is 3.53. The van der Waals surface area contributed by atoms with Gasteiger partial charge in [0.25, 0.3) is 0 Å². The first-order valence-corrected chi connectivity index (χ1v) is 8.67. The van der Waals surface area contributed by atoms with Gasteiger partial charge in [0.05, 0.1) is 12.4 Å². The van der Waals surface area contributed by atoms with Gasteiger partial charge in [-0.25, -0.2) is 13.4 Å². The van der Waals surface area contributed by atoms with Crippen molar-refractivity contribution in [3.63, 3.8) is 0 Å². The van der Waals surface area contributed by atoms with Crippen LogP contribution in [0.1, 0.15) is 11.4 Å². The zero-order valence-electron chi connectivity index (χ0n) is 11.8. The zero-order valence-corrected chi connectivity index (χ0v) is 13.4. The molecule has 1 aromatic carbocycles. The number of ether oxygens (including phenoxy) is 2. The first-order valence-electron chi connectivity index (χ1n) is 6.25. The van der Waals surface area contributed by atoms with E-state index >= 15 is 0 Å². The normalized spacial score (nSPS) is 11.5. The molecule has 2 aromatic rings. The number of benzene rings is 1. The molecular formula is C13H16N2O4S2. The van der Waals surface area contributed by atoms with Gasteiger partial charge in [-0.2, -0.15) is 4.37 Å². The SMILES string of the molecule is COCCS(=O)(=O)c1nc(COc2ccc(C)cc2)ns1. The number of nitrogens with zero attached hydrogens (tertiary/aromatic N) is 2. The number of rotatable bonds is 7. The first-order chi connectivity index (χ1) is 10.0. The molecule has 6 nitrogen and oxygen atoms in total. The third kappa shape index (κ3) is 4.48. The molecule has 0 radical (unpaired) electrons. The zero-order chi connectivity index (χ0) is 15.3. The Morgan fingerprint density at radius 2 is 1.95 bits per heavy atom. The Balaban J connectivity index is 1.98. The molecule has 0 fully saturated rings. The molecule has 0 aliphatic carbocycles. The maximum absolute atomic E-state index is 11.9. The van der Waals surface area contributed by atoms with Gasteiger partial charge < -0.3 is 9.47 Å². The number of hydrogen-bond donors (Lipinski definition) is 0. The molecule has 21 heavy (non-hydrogen) atoms. The predicted octanol–water partition coefficient (Wildman–Crippen LogP) is 1.85. The van der Waals surface area contributed by atoms with E-state index in [0.29, 0.717) is 11.6 Å². The minimum atomic E-state index is -3.43. The lowest BCUT2D eigenvalue weighted by molar-refractivity contribution is 0.217. The number of aromatic nitrogens is 2. The fraction of sp³-hybridized carbons (Fsp3) is 0.385. The highest BCUT2D eigenvalue weighted by molar-refractivity contribution is 7.93. The molecule has 1 heterocycles. The number of methoxy groups -OCH3 is 1. The van der Waals surface area contributed by atoms with Crippen LogP contribution in [0.4, 0.5) is 0 Å². The maximum atomic E-state index is 11.9. The van der Waals surface area contributed by atoms with E-state index in [0.717, 1.165) is 17.1 Å². The van der Waals surface area contributed by atoms with Crippen molar-refractivity contribution in [1.82, 2.24) is 9.36 Å². The van der Waals surface area contributed by atoms with Gasteiger partial charge >= 0.3 is 0 Å². The van der Waals surface area contributed by atoms with E-state index < -0.39 is 9.84 Å². The Hall–Kier alpha value is -1.51. The minimum Gasteiger partial charge on any atom is -0.486 e. The molecule has 0 unspecified atom stereocenters. The molecule has 0 atom stereocenters. The molecule has 0 saturated carbocycles.